The smallest absolute Gasteiger partial charge is 0.349 e. The maximum atomic E-state index is 12.5. The van der Waals surface area contributed by atoms with Crippen molar-refractivity contribution in [3.8, 4) is 5.69 Å². The van der Waals surface area contributed by atoms with Gasteiger partial charge in [-0.05, 0) is 43.0 Å². The maximum absolute atomic E-state index is 12.5. The van der Waals surface area contributed by atoms with Crippen LogP contribution in [0.25, 0.3) is 5.69 Å². The molecule has 0 aliphatic carbocycles. The van der Waals surface area contributed by atoms with Crippen LogP contribution in [0.1, 0.15) is 28.8 Å². The molecule has 0 atom stereocenters. The van der Waals surface area contributed by atoms with Crippen molar-refractivity contribution in [2.75, 3.05) is 6.54 Å². The van der Waals surface area contributed by atoms with Crippen LogP contribution >= 0.6 is 11.6 Å². The molecule has 0 radical (unpaired) electrons. The zero-order chi connectivity index (χ0) is 19.9. The number of nitrogens with one attached hydrogen (secondary N) is 2. The van der Waals surface area contributed by atoms with Crippen molar-refractivity contribution in [3.05, 3.63) is 91.7 Å². The molecule has 0 saturated heterocycles. The van der Waals surface area contributed by atoms with E-state index in [9.17, 15) is 14.4 Å². The van der Waals surface area contributed by atoms with E-state index in [4.69, 9.17) is 11.6 Å². The van der Waals surface area contributed by atoms with Gasteiger partial charge in [0.1, 0.15) is 6.20 Å². The van der Waals surface area contributed by atoms with Crippen molar-refractivity contribution < 1.29 is 4.79 Å². The van der Waals surface area contributed by atoms with E-state index in [0.29, 0.717) is 12.2 Å². The second-order valence-electron chi connectivity index (χ2n) is 6.21. The van der Waals surface area contributed by atoms with Gasteiger partial charge in [-0.1, -0.05) is 41.9 Å². The molecule has 3 aromatic rings. The lowest BCUT2D eigenvalue weighted by Crippen LogP contribution is -2.30. The van der Waals surface area contributed by atoms with Gasteiger partial charge in [-0.2, -0.15) is 9.78 Å². The Bertz CT molecular complexity index is 1080. The Hall–Kier alpha value is -3.19. The summed E-state index contributed by atoms with van der Waals surface area (Å²) in [7, 11) is 0. The number of carbonyl (C=O) groups is 1. The normalized spacial score (nSPS) is 10.6. The predicted molar refractivity (Wildman–Crippen MR) is 107 cm³/mol. The molecule has 28 heavy (non-hydrogen) atoms. The first-order valence-corrected chi connectivity index (χ1v) is 9.23. The molecule has 7 nitrogen and oxygen atoms in total. The van der Waals surface area contributed by atoms with Crippen LogP contribution in [0.3, 0.4) is 0 Å². The van der Waals surface area contributed by atoms with Gasteiger partial charge in [-0.25, -0.2) is 4.79 Å². The summed E-state index contributed by atoms with van der Waals surface area (Å²) in [5, 5.41) is 6.89. The fourth-order valence-corrected chi connectivity index (χ4v) is 2.96. The Morgan fingerprint density at radius 2 is 1.89 bits per heavy atom. The fraction of sp³-hybridized carbons (Fsp3) is 0.200. The molecule has 1 heterocycles. The minimum Gasteiger partial charge on any atom is -0.352 e. The number of halogens is 1. The second kappa shape index (κ2) is 9.14. The average molecular weight is 399 g/mol. The number of nitrogens with zero attached hydrogens (tertiary/aromatic N) is 2. The first kappa shape index (κ1) is 19.6. The number of rotatable bonds is 7. The van der Waals surface area contributed by atoms with E-state index in [2.05, 4.69) is 27.5 Å². The van der Waals surface area contributed by atoms with E-state index in [1.807, 2.05) is 18.2 Å². The van der Waals surface area contributed by atoms with E-state index < -0.39 is 11.2 Å². The summed E-state index contributed by atoms with van der Waals surface area (Å²) >= 11 is 6.14. The largest absolute Gasteiger partial charge is 0.352 e. The first-order chi connectivity index (χ1) is 13.5. The van der Waals surface area contributed by atoms with Gasteiger partial charge in [0.15, 0.2) is 0 Å². The van der Waals surface area contributed by atoms with E-state index in [0.717, 1.165) is 30.1 Å². The number of carbonyl (C=O) groups excluding carboxylic acids is 1. The number of amides is 1. The Balaban J connectivity index is 1.61. The summed E-state index contributed by atoms with van der Waals surface area (Å²) in [4.78, 5) is 37.6. The number of H-pyrrole nitrogens is 1. The highest BCUT2D eigenvalue weighted by atomic mass is 35.5. The van der Waals surface area contributed by atoms with E-state index >= 15 is 0 Å². The summed E-state index contributed by atoms with van der Waals surface area (Å²) in [5.41, 5.74) is 0.552. The molecule has 1 amide bonds. The van der Waals surface area contributed by atoms with Crippen LogP contribution in [0.5, 0.6) is 0 Å². The van der Waals surface area contributed by atoms with Crippen molar-refractivity contribution in [1.29, 1.82) is 0 Å². The van der Waals surface area contributed by atoms with Gasteiger partial charge >= 0.3 is 5.69 Å². The second-order valence-corrected chi connectivity index (χ2v) is 6.62. The van der Waals surface area contributed by atoms with Crippen LogP contribution in [-0.2, 0) is 6.42 Å². The Kier molecular flexibility index (Phi) is 6.39. The minimum atomic E-state index is -0.693. The lowest BCUT2D eigenvalue weighted by atomic mass is 10.1. The van der Waals surface area contributed by atoms with Gasteiger partial charge in [0.2, 0.25) is 0 Å². The number of unbranched alkanes of at least 4 members (excludes halogenated alkanes) is 1. The molecule has 0 saturated carbocycles. The van der Waals surface area contributed by atoms with Crippen molar-refractivity contribution in [2.45, 2.75) is 19.3 Å². The van der Waals surface area contributed by atoms with E-state index in [-0.39, 0.29) is 16.5 Å². The van der Waals surface area contributed by atoms with Crippen molar-refractivity contribution in [1.82, 2.24) is 20.1 Å². The molecule has 1 aromatic heterocycles. The highest BCUT2D eigenvalue weighted by Gasteiger charge is 2.13. The zero-order valence-electron chi connectivity index (χ0n) is 15.0. The zero-order valence-corrected chi connectivity index (χ0v) is 15.8. The van der Waals surface area contributed by atoms with Crippen LogP contribution in [0.2, 0.25) is 5.02 Å². The third-order valence-electron chi connectivity index (χ3n) is 4.17. The molecule has 8 heteroatoms. The number of aromatic amines is 1. The third kappa shape index (κ3) is 4.95. The summed E-state index contributed by atoms with van der Waals surface area (Å²) in [5.74, 6) is -0.330. The van der Waals surface area contributed by atoms with E-state index in [1.54, 1.807) is 6.07 Å². The standard InChI is InChI=1S/C20H19ClN4O3/c21-17-10-9-15(25-20(28)24-18(26)13-23-25)12-16(17)19(27)22-11-5-4-8-14-6-2-1-3-7-14/h1-3,6-7,9-10,12-13H,4-5,8,11H2,(H,22,27)(H,24,26,28). The van der Waals surface area contributed by atoms with Gasteiger partial charge in [-0.15, -0.1) is 0 Å². The molecule has 0 unspecified atom stereocenters. The van der Waals surface area contributed by atoms with Gasteiger partial charge in [0.25, 0.3) is 11.5 Å². The quantitative estimate of drug-likeness (QED) is 0.597. The SMILES string of the molecule is O=C(NCCCCc1ccccc1)c1cc(-n2ncc(=O)[nH]c2=O)ccc1Cl. The highest BCUT2D eigenvalue weighted by Crippen LogP contribution is 2.19. The molecule has 3 rings (SSSR count). The number of aryl methyl sites for hydroxylation is 1. The monoisotopic (exact) mass is 398 g/mol. The average Bonchev–Trinajstić information content (AvgIpc) is 2.69. The molecular weight excluding hydrogens is 380 g/mol. The Labute approximate surface area is 166 Å². The predicted octanol–water partition coefficient (Wildman–Crippen LogP) is 2.33. The van der Waals surface area contributed by atoms with Crippen LogP contribution < -0.4 is 16.6 Å². The third-order valence-corrected chi connectivity index (χ3v) is 4.50. The summed E-state index contributed by atoms with van der Waals surface area (Å²) in [6.07, 6.45) is 3.73. The van der Waals surface area contributed by atoms with Crippen LogP contribution in [0, 0.1) is 0 Å². The van der Waals surface area contributed by atoms with Gasteiger partial charge < -0.3 is 5.32 Å². The van der Waals surface area contributed by atoms with Crippen LogP contribution in [0.15, 0.2) is 64.3 Å². The van der Waals surface area contributed by atoms with Crippen molar-refractivity contribution in [3.63, 3.8) is 0 Å². The number of aromatic nitrogens is 3. The van der Waals surface area contributed by atoms with Crippen LogP contribution in [-0.4, -0.2) is 27.2 Å². The Morgan fingerprint density at radius 1 is 1.11 bits per heavy atom. The lowest BCUT2D eigenvalue weighted by molar-refractivity contribution is 0.0953. The molecule has 2 N–H and O–H groups in total. The van der Waals surface area contributed by atoms with Crippen molar-refractivity contribution >= 4 is 17.5 Å². The van der Waals surface area contributed by atoms with Gasteiger partial charge in [0, 0.05) is 6.54 Å². The first-order valence-electron chi connectivity index (χ1n) is 8.85. The maximum Gasteiger partial charge on any atom is 0.349 e. The molecule has 0 aliphatic heterocycles. The molecule has 0 bridgehead atoms. The van der Waals surface area contributed by atoms with E-state index in [1.165, 1.54) is 17.7 Å². The topological polar surface area (TPSA) is 96.8 Å². The van der Waals surface area contributed by atoms with Gasteiger partial charge in [-0.3, -0.25) is 14.6 Å². The number of benzene rings is 2. The summed E-state index contributed by atoms with van der Waals surface area (Å²) in [6, 6.07) is 14.7. The molecule has 0 spiro atoms. The Morgan fingerprint density at radius 3 is 2.64 bits per heavy atom. The van der Waals surface area contributed by atoms with Crippen LogP contribution in [0.4, 0.5) is 0 Å². The molecule has 144 valence electrons. The number of hydrogen-bond donors (Lipinski definition) is 2. The molecule has 0 fully saturated rings. The number of hydrogen-bond acceptors (Lipinski definition) is 4. The molecule has 0 aliphatic rings. The van der Waals surface area contributed by atoms with Crippen molar-refractivity contribution in [2.24, 2.45) is 0 Å². The molecular formula is C20H19ClN4O3. The highest BCUT2D eigenvalue weighted by molar-refractivity contribution is 6.33. The fourth-order valence-electron chi connectivity index (χ4n) is 2.75. The summed E-state index contributed by atoms with van der Waals surface area (Å²) in [6.45, 7) is 0.517. The summed E-state index contributed by atoms with van der Waals surface area (Å²) < 4.78 is 0.994. The minimum absolute atomic E-state index is 0.238. The molecule has 2 aromatic carbocycles. The van der Waals surface area contributed by atoms with Gasteiger partial charge in [0.05, 0.1) is 16.3 Å². The lowest BCUT2D eigenvalue weighted by Gasteiger charge is -2.09.